The van der Waals surface area contributed by atoms with Gasteiger partial charge in [0.05, 0.1) is 23.7 Å². The highest BCUT2D eigenvalue weighted by Gasteiger charge is 2.33. The molecule has 1 aromatic heterocycles. The predicted molar refractivity (Wildman–Crippen MR) is 97.8 cm³/mol. The van der Waals surface area contributed by atoms with E-state index in [1.54, 1.807) is 19.9 Å². The van der Waals surface area contributed by atoms with Crippen LogP contribution in [-0.2, 0) is 9.53 Å². The number of allylic oxidation sites excluding steroid dienone is 1. The summed E-state index contributed by atoms with van der Waals surface area (Å²) in [6.45, 7) is 7.37. The van der Waals surface area contributed by atoms with Crippen LogP contribution in [0.3, 0.4) is 0 Å². The lowest BCUT2D eigenvalue weighted by atomic mass is 9.94. The minimum absolute atomic E-state index is 0.197. The summed E-state index contributed by atoms with van der Waals surface area (Å²) in [4.78, 5) is 40.0. The lowest BCUT2D eigenvalue weighted by molar-refractivity contribution is -0.139. The topological polar surface area (TPSA) is 100 Å². The molecular weight excluding hydrogens is 334 g/mol. The van der Waals surface area contributed by atoms with Gasteiger partial charge in [-0.1, -0.05) is 12.1 Å². The Kier molecular flexibility index (Phi) is 4.54. The fraction of sp³-hybridized carbons (Fsp3) is 0.316. The van der Waals surface area contributed by atoms with Gasteiger partial charge >= 0.3 is 12.0 Å². The Morgan fingerprint density at radius 2 is 1.85 bits per heavy atom. The van der Waals surface area contributed by atoms with E-state index in [9.17, 15) is 14.4 Å². The Hall–Kier alpha value is -3.09. The SMILES string of the molecule is CCOC(=O)C1=C(C)NC(=O)NC1c1cc2c(C)ccc(C)c2[nH]c1=O. The van der Waals surface area contributed by atoms with E-state index in [1.165, 1.54) is 0 Å². The van der Waals surface area contributed by atoms with E-state index in [4.69, 9.17) is 4.74 Å². The lowest BCUT2D eigenvalue weighted by Gasteiger charge is -2.27. The number of H-pyrrole nitrogens is 1. The van der Waals surface area contributed by atoms with Crippen LogP contribution < -0.4 is 16.2 Å². The molecule has 1 aliphatic rings. The molecule has 1 unspecified atom stereocenters. The van der Waals surface area contributed by atoms with Crippen LogP contribution in [0.15, 0.2) is 34.3 Å². The molecule has 2 aromatic rings. The van der Waals surface area contributed by atoms with Crippen LogP contribution in [0.1, 0.15) is 36.6 Å². The van der Waals surface area contributed by atoms with E-state index in [2.05, 4.69) is 15.6 Å². The van der Waals surface area contributed by atoms with Crippen LogP contribution in [0.5, 0.6) is 0 Å². The summed E-state index contributed by atoms with van der Waals surface area (Å²) in [6.07, 6.45) is 0. The number of benzene rings is 1. The van der Waals surface area contributed by atoms with Crippen molar-refractivity contribution in [3.63, 3.8) is 0 Å². The van der Waals surface area contributed by atoms with E-state index < -0.39 is 18.0 Å². The van der Waals surface area contributed by atoms with Crippen molar-refractivity contribution >= 4 is 22.9 Å². The number of ether oxygens (including phenoxy) is 1. The average molecular weight is 355 g/mol. The highest BCUT2D eigenvalue weighted by atomic mass is 16.5. The minimum Gasteiger partial charge on any atom is -0.463 e. The predicted octanol–water partition coefficient (Wildman–Crippen LogP) is 2.34. The van der Waals surface area contributed by atoms with Gasteiger partial charge in [0.2, 0.25) is 0 Å². The summed E-state index contributed by atoms with van der Waals surface area (Å²) in [7, 11) is 0. The van der Waals surface area contributed by atoms with E-state index in [1.807, 2.05) is 26.0 Å². The number of fused-ring (bicyclic) bond motifs is 1. The maximum atomic E-state index is 12.7. The molecule has 1 aliphatic heterocycles. The second-order valence-corrected chi connectivity index (χ2v) is 6.33. The first kappa shape index (κ1) is 17.7. The molecule has 7 nitrogen and oxygen atoms in total. The fourth-order valence-electron chi connectivity index (χ4n) is 3.21. The third kappa shape index (κ3) is 2.96. The quantitative estimate of drug-likeness (QED) is 0.736. The number of esters is 1. The Morgan fingerprint density at radius 3 is 2.54 bits per heavy atom. The molecule has 0 saturated heterocycles. The van der Waals surface area contributed by atoms with E-state index in [-0.39, 0.29) is 17.7 Å². The molecule has 2 amide bonds. The van der Waals surface area contributed by atoms with Crippen molar-refractivity contribution < 1.29 is 14.3 Å². The van der Waals surface area contributed by atoms with Crippen LogP contribution in [0, 0.1) is 13.8 Å². The fourth-order valence-corrected chi connectivity index (χ4v) is 3.21. The third-order valence-electron chi connectivity index (χ3n) is 4.55. The molecule has 0 aliphatic carbocycles. The van der Waals surface area contributed by atoms with Gasteiger partial charge in [0.15, 0.2) is 0 Å². The standard InChI is InChI=1S/C19H21N3O4/c1-5-26-18(24)14-11(4)20-19(25)22-16(14)13-8-12-9(2)6-7-10(3)15(12)21-17(13)23/h6-8,16H,5H2,1-4H3,(H,21,23)(H2,20,22,25). The zero-order valence-electron chi connectivity index (χ0n) is 15.1. The second kappa shape index (κ2) is 6.67. The van der Waals surface area contributed by atoms with Gasteiger partial charge in [0, 0.05) is 16.6 Å². The maximum absolute atomic E-state index is 12.7. The van der Waals surface area contributed by atoms with Crippen LogP contribution in [0.2, 0.25) is 0 Å². The summed E-state index contributed by atoms with van der Waals surface area (Å²) in [5, 5.41) is 6.09. The summed E-state index contributed by atoms with van der Waals surface area (Å²) in [5.41, 5.74) is 3.22. The van der Waals surface area contributed by atoms with Crippen molar-refractivity contribution in [2.24, 2.45) is 0 Å². The summed E-state index contributed by atoms with van der Waals surface area (Å²) in [6, 6.07) is 4.29. The molecule has 1 atom stereocenters. The molecule has 0 bridgehead atoms. The van der Waals surface area contributed by atoms with Crippen molar-refractivity contribution in [3.05, 3.63) is 56.5 Å². The van der Waals surface area contributed by atoms with Gasteiger partial charge in [0.25, 0.3) is 5.56 Å². The van der Waals surface area contributed by atoms with Crippen molar-refractivity contribution in [3.8, 4) is 0 Å². The van der Waals surface area contributed by atoms with Gasteiger partial charge in [-0.25, -0.2) is 9.59 Å². The molecule has 0 fully saturated rings. The molecule has 26 heavy (non-hydrogen) atoms. The number of urea groups is 1. The number of rotatable bonds is 3. The molecule has 0 radical (unpaired) electrons. The van der Waals surface area contributed by atoms with Crippen LogP contribution in [0.4, 0.5) is 4.79 Å². The normalized spacial score (nSPS) is 17.1. The molecule has 2 heterocycles. The molecule has 7 heteroatoms. The van der Waals surface area contributed by atoms with Gasteiger partial charge in [-0.15, -0.1) is 0 Å². The van der Waals surface area contributed by atoms with Crippen molar-refractivity contribution in [2.75, 3.05) is 6.61 Å². The van der Waals surface area contributed by atoms with Gasteiger partial charge < -0.3 is 20.4 Å². The number of hydrogen-bond donors (Lipinski definition) is 3. The molecule has 0 spiro atoms. The molecule has 3 N–H and O–H groups in total. The highest BCUT2D eigenvalue weighted by Crippen LogP contribution is 2.28. The number of pyridine rings is 1. The molecule has 136 valence electrons. The van der Waals surface area contributed by atoms with E-state index >= 15 is 0 Å². The minimum atomic E-state index is -0.879. The van der Waals surface area contributed by atoms with Crippen LogP contribution in [0.25, 0.3) is 10.9 Å². The molecule has 1 aromatic carbocycles. The number of aromatic amines is 1. The van der Waals surface area contributed by atoms with Gasteiger partial charge in [0.1, 0.15) is 0 Å². The number of aryl methyl sites for hydroxylation is 2. The average Bonchev–Trinajstić information content (AvgIpc) is 2.57. The van der Waals surface area contributed by atoms with E-state index in [0.29, 0.717) is 11.3 Å². The van der Waals surface area contributed by atoms with Crippen molar-refractivity contribution in [1.82, 2.24) is 15.6 Å². The van der Waals surface area contributed by atoms with Crippen LogP contribution in [-0.4, -0.2) is 23.6 Å². The van der Waals surface area contributed by atoms with Crippen molar-refractivity contribution in [1.29, 1.82) is 0 Å². The zero-order chi connectivity index (χ0) is 19.0. The number of aromatic nitrogens is 1. The number of hydrogen-bond acceptors (Lipinski definition) is 4. The number of amides is 2. The Labute approximate surface area is 150 Å². The number of carbonyl (C=O) groups is 2. The third-order valence-corrected chi connectivity index (χ3v) is 4.55. The molecule has 3 rings (SSSR count). The monoisotopic (exact) mass is 355 g/mol. The Bertz CT molecular complexity index is 1000. The Balaban J connectivity index is 2.23. The first-order valence-corrected chi connectivity index (χ1v) is 8.42. The summed E-state index contributed by atoms with van der Waals surface area (Å²) in [5.74, 6) is -0.567. The Morgan fingerprint density at radius 1 is 1.15 bits per heavy atom. The first-order chi connectivity index (χ1) is 12.3. The molecule has 0 saturated carbocycles. The maximum Gasteiger partial charge on any atom is 0.338 e. The number of carbonyl (C=O) groups excluding carboxylic acids is 2. The largest absolute Gasteiger partial charge is 0.463 e. The lowest BCUT2D eigenvalue weighted by Crippen LogP contribution is -2.46. The first-order valence-electron chi connectivity index (χ1n) is 8.42. The molecular formula is C19H21N3O4. The second-order valence-electron chi connectivity index (χ2n) is 6.33. The number of nitrogens with one attached hydrogen (secondary N) is 3. The van der Waals surface area contributed by atoms with Gasteiger partial charge in [-0.05, 0) is 44.9 Å². The summed E-state index contributed by atoms with van der Waals surface area (Å²) >= 11 is 0. The van der Waals surface area contributed by atoms with E-state index in [0.717, 1.165) is 22.0 Å². The smallest absolute Gasteiger partial charge is 0.338 e. The van der Waals surface area contributed by atoms with Gasteiger partial charge in [-0.3, -0.25) is 4.79 Å². The summed E-state index contributed by atoms with van der Waals surface area (Å²) < 4.78 is 5.11. The zero-order valence-corrected chi connectivity index (χ0v) is 15.1. The van der Waals surface area contributed by atoms with Crippen LogP contribution >= 0.6 is 0 Å². The highest BCUT2D eigenvalue weighted by molar-refractivity contribution is 5.95. The van der Waals surface area contributed by atoms with Gasteiger partial charge in [-0.2, -0.15) is 0 Å². The van der Waals surface area contributed by atoms with Crippen molar-refractivity contribution in [2.45, 2.75) is 33.7 Å².